The van der Waals surface area contributed by atoms with Crippen molar-refractivity contribution in [3.8, 4) is 0 Å². The van der Waals surface area contributed by atoms with Gasteiger partial charge in [-0.3, -0.25) is 4.99 Å². The number of fused-ring (bicyclic) bond motifs is 2. The molecule has 0 aromatic heterocycles. The molecule has 1 heteroatoms. The second-order valence-corrected chi connectivity index (χ2v) is 4.36. The third-order valence-corrected chi connectivity index (χ3v) is 3.22. The molecule has 0 saturated carbocycles. The lowest BCUT2D eigenvalue weighted by molar-refractivity contribution is 1.14. The van der Waals surface area contributed by atoms with Crippen molar-refractivity contribution in [2.75, 3.05) is 6.54 Å². The van der Waals surface area contributed by atoms with Gasteiger partial charge in [-0.25, -0.2) is 0 Å². The van der Waals surface area contributed by atoms with Crippen LogP contribution >= 0.6 is 0 Å². The topological polar surface area (TPSA) is 12.4 Å². The Bertz CT molecular complexity index is 672. The Morgan fingerprint density at radius 2 is 1.44 bits per heavy atom. The van der Waals surface area contributed by atoms with Crippen LogP contribution < -0.4 is 0 Å². The van der Waals surface area contributed by atoms with Crippen LogP contribution in [0.15, 0.2) is 59.6 Å². The molecule has 0 fully saturated rings. The maximum Gasteiger partial charge on any atom is 0.0361 e. The summed E-state index contributed by atoms with van der Waals surface area (Å²) in [6.45, 7) is 2.88. The molecular formula is C17H15N. The molecule has 0 N–H and O–H groups in total. The van der Waals surface area contributed by atoms with Gasteiger partial charge in [0.05, 0.1) is 0 Å². The highest BCUT2D eigenvalue weighted by molar-refractivity contribution is 6.13. The standard InChI is InChI=1S/C17H15N/c1-2-18-12-17-15-9-5-3-7-13(15)11-14-8-4-6-10-16(14)17/h3-12H,2H2,1H3. The van der Waals surface area contributed by atoms with Gasteiger partial charge in [0.1, 0.15) is 0 Å². The zero-order valence-corrected chi connectivity index (χ0v) is 10.4. The van der Waals surface area contributed by atoms with Crippen molar-refractivity contribution in [3.63, 3.8) is 0 Å². The van der Waals surface area contributed by atoms with Crippen LogP contribution in [0.2, 0.25) is 0 Å². The molecule has 0 atom stereocenters. The van der Waals surface area contributed by atoms with E-state index in [1.54, 1.807) is 0 Å². The van der Waals surface area contributed by atoms with Crippen molar-refractivity contribution in [2.24, 2.45) is 4.99 Å². The summed E-state index contributed by atoms with van der Waals surface area (Å²) < 4.78 is 0. The maximum absolute atomic E-state index is 4.42. The summed E-state index contributed by atoms with van der Waals surface area (Å²) in [5, 5.41) is 5.09. The average molecular weight is 233 g/mol. The lowest BCUT2D eigenvalue weighted by Crippen LogP contribution is -1.88. The Labute approximate surface area is 107 Å². The van der Waals surface area contributed by atoms with Crippen LogP contribution in [0.4, 0.5) is 0 Å². The molecule has 0 unspecified atom stereocenters. The van der Waals surface area contributed by atoms with E-state index in [0.717, 1.165) is 6.54 Å². The Hall–Kier alpha value is -2.15. The molecule has 0 heterocycles. The lowest BCUT2D eigenvalue weighted by atomic mass is 9.97. The van der Waals surface area contributed by atoms with Crippen molar-refractivity contribution < 1.29 is 0 Å². The summed E-state index contributed by atoms with van der Waals surface area (Å²) >= 11 is 0. The first-order chi connectivity index (χ1) is 8.90. The molecule has 0 aliphatic carbocycles. The minimum Gasteiger partial charge on any atom is -0.293 e. The molecule has 1 nitrogen and oxygen atoms in total. The van der Waals surface area contributed by atoms with E-state index in [0.29, 0.717) is 0 Å². The van der Waals surface area contributed by atoms with E-state index < -0.39 is 0 Å². The molecule has 3 aromatic rings. The van der Waals surface area contributed by atoms with Gasteiger partial charge in [-0.1, -0.05) is 48.5 Å². The number of rotatable bonds is 2. The van der Waals surface area contributed by atoms with Crippen LogP contribution in [0.25, 0.3) is 21.5 Å². The van der Waals surface area contributed by atoms with Gasteiger partial charge in [0.15, 0.2) is 0 Å². The Balaban J connectivity index is 2.45. The highest BCUT2D eigenvalue weighted by atomic mass is 14.7. The summed E-state index contributed by atoms with van der Waals surface area (Å²) in [4.78, 5) is 4.42. The zero-order chi connectivity index (χ0) is 12.4. The van der Waals surface area contributed by atoms with E-state index in [-0.39, 0.29) is 0 Å². The Morgan fingerprint density at radius 3 is 2.00 bits per heavy atom. The van der Waals surface area contributed by atoms with Crippen molar-refractivity contribution in [2.45, 2.75) is 6.92 Å². The third kappa shape index (κ3) is 1.78. The minimum absolute atomic E-state index is 0.817. The average Bonchev–Trinajstić information content (AvgIpc) is 2.43. The fraction of sp³-hybridized carbons (Fsp3) is 0.118. The number of hydrogen-bond acceptors (Lipinski definition) is 1. The van der Waals surface area contributed by atoms with Crippen LogP contribution in [-0.2, 0) is 0 Å². The van der Waals surface area contributed by atoms with Crippen LogP contribution in [0.5, 0.6) is 0 Å². The molecule has 0 saturated heterocycles. The van der Waals surface area contributed by atoms with Gasteiger partial charge in [0.25, 0.3) is 0 Å². The highest BCUT2D eigenvalue weighted by Gasteiger charge is 2.04. The molecule has 0 amide bonds. The first-order valence-electron chi connectivity index (χ1n) is 6.30. The van der Waals surface area contributed by atoms with Crippen LogP contribution in [-0.4, -0.2) is 12.8 Å². The van der Waals surface area contributed by atoms with E-state index in [4.69, 9.17) is 0 Å². The zero-order valence-electron chi connectivity index (χ0n) is 10.4. The number of nitrogens with zero attached hydrogens (tertiary/aromatic N) is 1. The summed E-state index contributed by atoms with van der Waals surface area (Å²) in [6, 6.07) is 19.2. The first kappa shape index (κ1) is 11.0. The smallest absolute Gasteiger partial charge is 0.0361 e. The SMILES string of the molecule is CCN=Cc1c2ccccc2cc2ccccc12. The van der Waals surface area contributed by atoms with Gasteiger partial charge in [0.2, 0.25) is 0 Å². The first-order valence-corrected chi connectivity index (χ1v) is 6.30. The molecule has 88 valence electrons. The highest BCUT2D eigenvalue weighted by Crippen LogP contribution is 2.27. The normalized spacial score (nSPS) is 11.6. The van der Waals surface area contributed by atoms with Crippen LogP contribution in [0.1, 0.15) is 12.5 Å². The molecule has 0 radical (unpaired) electrons. The Kier molecular flexibility index (Phi) is 2.81. The predicted molar refractivity (Wildman–Crippen MR) is 79.6 cm³/mol. The molecule has 0 aliphatic heterocycles. The van der Waals surface area contributed by atoms with Crippen molar-refractivity contribution in [1.29, 1.82) is 0 Å². The fourth-order valence-electron chi connectivity index (χ4n) is 2.37. The van der Waals surface area contributed by atoms with Crippen molar-refractivity contribution in [3.05, 3.63) is 60.2 Å². The largest absolute Gasteiger partial charge is 0.293 e. The van der Waals surface area contributed by atoms with E-state index in [2.05, 4.69) is 66.5 Å². The minimum atomic E-state index is 0.817. The summed E-state index contributed by atoms with van der Waals surface area (Å²) in [5.41, 5.74) is 1.23. The quantitative estimate of drug-likeness (QED) is 0.458. The Morgan fingerprint density at radius 1 is 0.889 bits per heavy atom. The van der Waals surface area contributed by atoms with Crippen molar-refractivity contribution in [1.82, 2.24) is 0 Å². The molecule has 0 aliphatic rings. The van der Waals surface area contributed by atoms with Crippen LogP contribution in [0.3, 0.4) is 0 Å². The molecule has 18 heavy (non-hydrogen) atoms. The molecule has 3 aromatic carbocycles. The predicted octanol–water partition coefficient (Wildman–Crippen LogP) is 4.43. The van der Waals surface area contributed by atoms with Gasteiger partial charge in [-0.15, -0.1) is 0 Å². The molecular weight excluding hydrogens is 218 g/mol. The summed E-state index contributed by atoms with van der Waals surface area (Å²) in [6.07, 6.45) is 2.00. The molecule has 3 rings (SSSR count). The number of benzene rings is 3. The van der Waals surface area contributed by atoms with Gasteiger partial charge in [-0.05, 0) is 34.5 Å². The summed E-state index contributed by atoms with van der Waals surface area (Å²) in [5.74, 6) is 0. The van der Waals surface area contributed by atoms with Crippen LogP contribution in [0, 0.1) is 0 Å². The van der Waals surface area contributed by atoms with Gasteiger partial charge in [-0.2, -0.15) is 0 Å². The van der Waals surface area contributed by atoms with E-state index in [1.807, 2.05) is 6.21 Å². The third-order valence-electron chi connectivity index (χ3n) is 3.22. The van der Waals surface area contributed by atoms with E-state index in [1.165, 1.54) is 27.1 Å². The van der Waals surface area contributed by atoms with Gasteiger partial charge in [0, 0.05) is 18.3 Å². The second kappa shape index (κ2) is 4.61. The maximum atomic E-state index is 4.42. The lowest BCUT2D eigenvalue weighted by Gasteiger charge is -2.07. The monoisotopic (exact) mass is 233 g/mol. The molecule has 0 spiro atoms. The van der Waals surface area contributed by atoms with Crippen molar-refractivity contribution >= 4 is 27.8 Å². The number of hydrogen-bond donors (Lipinski definition) is 0. The van der Waals surface area contributed by atoms with Gasteiger partial charge < -0.3 is 0 Å². The fourth-order valence-corrected chi connectivity index (χ4v) is 2.37. The van der Waals surface area contributed by atoms with E-state index >= 15 is 0 Å². The summed E-state index contributed by atoms with van der Waals surface area (Å²) in [7, 11) is 0. The second-order valence-electron chi connectivity index (χ2n) is 4.36. The number of aliphatic imine (C=N–C) groups is 1. The van der Waals surface area contributed by atoms with Gasteiger partial charge >= 0.3 is 0 Å². The van der Waals surface area contributed by atoms with E-state index in [9.17, 15) is 0 Å². The molecule has 0 bridgehead atoms.